The predicted molar refractivity (Wildman–Crippen MR) is 123 cm³/mol. The lowest BCUT2D eigenvalue weighted by atomic mass is 10.0. The summed E-state index contributed by atoms with van der Waals surface area (Å²) in [5.74, 6) is -7.85. The van der Waals surface area contributed by atoms with Crippen molar-refractivity contribution in [3.8, 4) is 0 Å². The van der Waals surface area contributed by atoms with Gasteiger partial charge in [-0.15, -0.1) is 0 Å². The molecule has 4 aromatic rings. The van der Waals surface area contributed by atoms with Crippen molar-refractivity contribution in [3.63, 3.8) is 0 Å². The van der Waals surface area contributed by atoms with Gasteiger partial charge in [0.1, 0.15) is 28.7 Å². The number of benzene rings is 2. The number of pyridine rings is 1. The van der Waals surface area contributed by atoms with Gasteiger partial charge in [-0.05, 0) is 24.3 Å². The molecule has 2 aromatic carbocycles. The van der Waals surface area contributed by atoms with Gasteiger partial charge in [-0.1, -0.05) is 6.07 Å². The molecule has 188 valence electrons. The molecule has 0 aliphatic carbocycles. The van der Waals surface area contributed by atoms with Gasteiger partial charge in [-0.25, -0.2) is 22.5 Å². The number of nitrogens with zero attached hydrogens (tertiary/aromatic N) is 3. The van der Waals surface area contributed by atoms with Crippen LogP contribution in [0.3, 0.4) is 0 Å². The quantitative estimate of drug-likeness (QED) is 0.239. The first-order valence-electron chi connectivity index (χ1n) is 11.1. The summed E-state index contributed by atoms with van der Waals surface area (Å²) in [7, 11) is 0. The largest absolute Gasteiger partial charge is 0.369 e. The van der Waals surface area contributed by atoms with Crippen molar-refractivity contribution in [3.05, 3.63) is 94.6 Å². The summed E-state index contributed by atoms with van der Waals surface area (Å²) in [6.07, 6.45) is 2.32. The van der Waals surface area contributed by atoms with Crippen LogP contribution >= 0.6 is 0 Å². The normalized spacial score (nSPS) is 15.5. The SMILES string of the molecule is O=C(Nc1cc(F)c(F)c(C(=O)c2cc3nc(C4CNCCO4)cnc3cn2)c1F)c1cccc(F)c1. The van der Waals surface area contributed by atoms with Crippen molar-refractivity contribution in [2.24, 2.45) is 0 Å². The molecule has 8 nitrogen and oxygen atoms in total. The molecule has 1 fully saturated rings. The van der Waals surface area contributed by atoms with E-state index in [1.54, 1.807) is 0 Å². The van der Waals surface area contributed by atoms with Crippen LogP contribution in [-0.2, 0) is 4.74 Å². The van der Waals surface area contributed by atoms with Gasteiger partial charge in [0.15, 0.2) is 17.5 Å². The number of nitrogens with one attached hydrogen (secondary N) is 2. The van der Waals surface area contributed by atoms with Crippen LogP contribution in [0.4, 0.5) is 23.2 Å². The van der Waals surface area contributed by atoms with Gasteiger partial charge in [0.05, 0.1) is 35.9 Å². The molecule has 12 heteroatoms. The summed E-state index contributed by atoms with van der Waals surface area (Å²) >= 11 is 0. The Hall–Kier alpha value is -4.29. The highest BCUT2D eigenvalue weighted by Crippen LogP contribution is 2.27. The number of rotatable bonds is 5. The van der Waals surface area contributed by atoms with Crippen LogP contribution in [0.2, 0.25) is 0 Å². The van der Waals surface area contributed by atoms with Crippen LogP contribution in [0.1, 0.15) is 38.2 Å². The smallest absolute Gasteiger partial charge is 0.255 e. The number of carbonyl (C=O) groups excluding carboxylic acids is 2. The van der Waals surface area contributed by atoms with E-state index in [4.69, 9.17) is 4.74 Å². The maximum Gasteiger partial charge on any atom is 0.255 e. The summed E-state index contributed by atoms with van der Waals surface area (Å²) in [5, 5.41) is 5.20. The van der Waals surface area contributed by atoms with E-state index >= 15 is 4.39 Å². The van der Waals surface area contributed by atoms with Crippen molar-refractivity contribution in [1.82, 2.24) is 20.3 Å². The lowest BCUT2D eigenvalue weighted by molar-refractivity contribution is 0.0250. The molecule has 1 aliphatic heterocycles. The Balaban J connectivity index is 1.49. The van der Waals surface area contributed by atoms with Crippen molar-refractivity contribution >= 4 is 28.4 Å². The number of amides is 1. The fourth-order valence-corrected chi connectivity index (χ4v) is 3.81. The third-order valence-electron chi connectivity index (χ3n) is 5.66. The van der Waals surface area contributed by atoms with Crippen LogP contribution in [0.25, 0.3) is 11.0 Å². The number of carbonyl (C=O) groups is 2. The molecule has 0 saturated carbocycles. The minimum absolute atomic E-state index is 0.195. The molecule has 0 radical (unpaired) electrons. The second-order valence-corrected chi connectivity index (χ2v) is 8.12. The fraction of sp³-hybridized carbons (Fsp3) is 0.160. The average molecular weight is 511 g/mol. The van der Waals surface area contributed by atoms with Crippen molar-refractivity contribution in [1.29, 1.82) is 0 Å². The van der Waals surface area contributed by atoms with E-state index < -0.39 is 51.9 Å². The van der Waals surface area contributed by atoms with E-state index in [0.717, 1.165) is 12.1 Å². The number of morpholine rings is 1. The van der Waals surface area contributed by atoms with Crippen LogP contribution in [0.15, 0.2) is 48.8 Å². The molecule has 1 aliphatic rings. The van der Waals surface area contributed by atoms with Gasteiger partial charge in [0, 0.05) is 24.7 Å². The molecular weight excluding hydrogens is 494 g/mol. The number of ether oxygens (including phenoxy) is 1. The molecule has 1 atom stereocenters. The number of hydrogen-bond acceptors (Lipinski definition) is 7. The maximum atomic E-state index is 15.2. The van der Waals surface area contributed by atoms with Crippen LogP contribution in [0, 0.1) is 23.3 Å². The maximum absolute atomic E-state index is 15.2. The molecule has 1 amide bonds. The van der Waals surface area contributed by atoms with Gasteiger partial charge in [-0.3, -0.25) is 19.6 Å². The Kier molecular flexibility index (Phi) is 6.59. The molecular formula is C25H17F4N5O3. The van der Waals surface area contributed by atoms with E-state index in [2.05, 4.69) is 20.3 Å². The third kappa shape index (κ3) is 4.88. The monoisotopic (exact) mass is 511 g/mol. The molecule has 0 bridgehead atoms. The number of ketones is 1. The van der Waals surface area contributed by atoms with E-state index in [0.29, 0.717) is 37.0 Å². The van der Waals surface area contributed by atoms with E-state index in [1.165, 1.54) is 30.6 Å². The van der Waals surface area contributed by atoms with Crippen LogP contribution < -0.4 is 10.6 Å². The van der Waals surface area contributed by atoms with E-state index in [1.807, 2.05) is 5.32 Å². The predicted octanol–water partition coefficient (Wildman–Crippen LogP) is 3.73. The van der Waals surface area contributed by atoms with Crippen LogP contribution in [0.5, 0.6) is 0 Å². The highest BCUT2D eigenvalue weighted by atomic mass is 19.2. The molecule has 1 saturated heterocycles. The highest BCUT2D eigenvalue weighted by molar-refractivity contribution is 6.10. The van der Waals surface area contributed by atoms with Crippen LogP contribution in [-0.4, -0.2) is 46.3 Å². The van der Waals surface area contributed by atoms with E-state index in [9.17, 15) is 22.8 Å². The first-order chi connectivity index (χ1) is 17.8. The van der Waals surface area contributed by atoms with Gasteiger partial charge in [0.25, 0.3) is 5.91 Å². The minimum Gasteiger partial charge on any atom is -0.369 e. The molecule has 37 heavy (non-hydrogen) atoms. The summed E-state index contributed by atoms with van der Waals surface area (Å²) < 4.78 is 63.3. The number of anilines is 1. The number of aromatic nitrogens is 3. The minimum atomic E-state index is -1.75. The number of hydrogen-bond donors (Lipinski definition) is 2. The molecule has 1 unspecified atom stereocenters. The Morgan fingerprint density at radius 3 is 2.59 bits per heavy atom. The molecule has 2 N–H and O–H groups in total. The summed E-state index contributed by atoms with van der Waals surface area (Å²) in [5.41, 5.74) is -1.68. The zero-order chi connectivity index (χ0) is 26.1. The van der Waals surface area contributed by atoms with Gasteiger partial charge < -0.3 is 15.4 Å². The molecule has 0 spiro atoms. The second kappa shape index (κ2) is 9.99. The zero-order valence-electron chi connectivity index (χ0n) is 18.9. The standard InChI is InChI=1S/C25H17F4N5O3/c26-13-3-1-2-12(6-13)25(36)34-16-7-14(27)22(28)21(23(16)29)24(35)17-8-15-18(9-31-17)32-10-19(33-15)20-11-30-4-5-37-20/h1-3,6-10,20,30H,4-5,11H2,(H,34,36). The molecule has 2 aromatic heterocycles. The lowest BCUT2D eigenvalue weighted by Crippen LogP contribution is -2.33. The molecule has 5 rings (SSSR count). The topological polar surface area (TPSA) is 106 Å². The highest BCUT2D eigenvalue weighted by Gasteiger charge is 2.28. The van der Waals surface area contributed by atoms with Crippen molar-refractivity contribution < 1.29 is 31.9 Å². The summed E-state index contributed by atoms with van der Waals surface area (Å²) in [6, 6.07) is 6.03. The van der Waals surface area contributed by atoms with Crippen molar-refractivity contribution in [2.45, 2.75) is 6.10 Å². The van der Waals surface area contributed by atoms with Crippen molar-refractivity contribution in [2.75, 3.05) is 25.0 Å². The zero-order valence-corrected chi connectivity index (χ0v) is 18.9. The van der Waals surface area contributed by atoms with E-state index in [-0.39, 0.29) is 17.2 Å². The Labute approximate surface area is 206 Å². The Morgan fingerprint density at radius 1 is 1.00 bits per heavy atom. The first kappa shape index (κ1) is 24.4. The molecule has 3 heterocycles. The third-order valence-corrected chi connectivity index (χ3v) is 5.66. The van der Waals surface area contributed by atoms with Gasteiger partial charge in [0.2, 0.25) is 5.78 Å². The first-order valence-corrected chi connectivity index (χ1v) is 11.1. The fourth-order valence-electron chi connectivity index (χ4n) is 3.81. The summed E-state index contributed by atoms with van der Waals surface area (Å²) in [6.45, 7) is 1.66. The Bertz CT molecular complexity index is 1540. The van der Waals surface area contributed by atoms with Gasteiger partial charge >= 0.3 is 0 Å². The van der Waals surface area contributed by atoms with Gasteiger partial charge in [-0.2, -0.15) is 0 Å². The summed E-state index contributed by atoms with van der Waals surface area (Å²) in [4.78, 5) is 38.0. The average Bonchev–Trinajstić information content (AvgIpc) is 2.91. The number of halogens is 4. The second-order valence-electron chi connectivity index (χ2n) is 8.12. The lowest BCUT2D eigenvalue weighted by Gasteiger charge is -2.22. The Morgan fingerprint density at radius 2 is 1.84 bits per heavy atom. The number of fused-ring (bicyclic) bond motifs is 1.